The second-order valence-corrected chi connectivity index (χ2v) is 8.21. The van der Waals surface area contributed by atoms with Crippen molar-refractivity contribution in [1.82, 2.24) is 15.6 Å². The van der Waals surface area contributed by atoms with E-state index in [9.17, 15) is 9.90 Å². The van der Waals surface area contributed by atoms with Crippen LogP contribution in [0.3, 0.4) is 0 Å². The Balaban J connectivity index is 1.56. The van der Waals surface area contributed by atoms with Crippen molar-refractivity contribution in [2.45, 2.75) is 44.9 Å². The quantitative estimate of drug-likeness (QED) is 0.678. The number of β-amino-alcohol motifs (C(OH)–C–C–N with tert-alkyl or cyclic N) is 1. The van der Waals surface area contributed by atoms with Gasteiger partial charge in [0.1, 0.15) is 12.2 Å². The van der Waals surface area contributed by atoms with Crippen molar-refractivity contribution >= 4 is 17.4 Å². The number of aromatic nitrogens is 1. The standard InChI is InChI=1S/C20H27N3O3S/c1-13(2)7-8-22-20(25)26-19-16(23-10-17(19)24)9-14-3-5-15(6-4-14)18-11-21-12-27-18/h3-6,11-13,16-17,19,23-24H,7-10H2,1-2H3,(H,22,25)/t16-,17+,19+/m1/s1. The zero-order valence-corrected chi connectivity index (χ0v) is 16.5. The van der Waals surface area contributed by atoms with E-state index in [4.69, 9.17) is 4.74 Å². The van der Waals surface area contributed by atoms with Gasteiger partial charge in [0.2, 0.25) is 0 Å². The van der Waals surface area contributed by atoms with E-state index in [-0.39, 0.29) is 6.04 Å². The Hall–Kier alpha value is -1.96. The largest absolute Gasteiger partial charge is 0.442 e. The molecule has 146 valence electrons. The van der Waals surface area contributed by atoms with Gasteiger partial charge in [0, 0.05) is 19.3 Å². The average molecular weight is 390 g/mol. The second-order valence-electron chi connectivity index (χ2n) is 7.33. The molecule has 1 aromatic heterocycles. The van der Waals surface area contributed by atoms with E-state index in [1.807, 2.05) is 11.7 Å². The van der Waals surface area contributed by atoms with Crippen LogP contribution in [-0.4, -0.2) is 47.5 Å². The zero-order valence-electron chi connectivity index (χ0n) is 15.7. The van der Waals surface area contributed by atoms with Crippen LogP contribution in [0.25, 0.3) is 10.4 Å². The van der Waals surface area contributed by atoms with Crippen LogP contribution in [0.15, 0.2) is 36.0 Å². The minimum atomic E-state index is -0.692. The lowest BCUT2D eigenvalue weighted by Gasteiger charge is -2.22. The van der Waals surface area contributed by atoms with Crippen molar-refractivity contribution in [1.29, 1.82) is 0 Å². The van der Waals surface area contributed by atoms with Crippen LogP contribution in [0.2, 0.25) is 0 Å². The molecule has 0 unspecified atom stereocenters. The number of aliphatic hydroxyl groups excluding tert-OH is 1. The summed E-state index contributed by atoms with van der Waals surface area (Å²) in [5.41, 5.74) is 4.09. The van der Waals surface area contributed by atoms with Crippen molar-refractivity contribution in [3.05, 3.63) is 41.5 Å². The van der Waals surface area contributed by atoms with Crippen molar-refractivity contribution in [3.8, 4) is 10.4 Å². The summed E-state index contributed by atoms with van der Waals surface area (Å²) in [7, 11) is 0. The highest BCUT2D eigenvalue weighted by Gasteiger charge is 2.37. The van der Waals surface area contributed by atoms with Crippen molar-refractivity contribution in [3.63, 3.8) is 0 Å². The molecule has 2 heterocycles. The Morgan fingerprint density at radius 1 is 1.41 bits per heavy atom. The highest BCUT2D eigenvalue weighted by molar-refractivity contribution is 7.13. The molecule has 1 amide bonds. The molecule has 0 aliphatic carbocycles. The fraction of sp³-hybridized carbons (Fsp3) is 0.500. The smallest absolute Gasteiger partial charge is 0.407 e. The summed E-state index contributed by atoms with van der Waals surface area (Å²) >= 11 is 1.61. The Morgan fingerprint density at radius 2 is 2.19 bits per heavy atom. The summed E-state index contributed by atoms with van der Waals surface area (Å²) < 4.78 is 5.50. The third kappa shape index (κ3) is 5.51. The molecule has 1 fully saturated rings. The first kappa shape index (κ1) is 19.8. The van der Waals surface area contributed by atoms with Gasteiger partial charge in [-0.1, -0.05) is 38.1 Å². The Labute approximate surface area is 164 Å². The Bertz CT molecular complexity index is 719. The first-order valence-electron chi connectivity index (χ1n) is 9.36. The van der Waals surface area contributed by atoms with E-state index < -0.39 is 18.3 Å². The number of hydrogen-bond donors (Lipinski definition) is 3. The van der Waals surface area contributed by atoms with Gasteiger partial charge in [-0.05, 0) is 29.9 Å². The number of nitrogens with one attached hydrogen (secondary N) is 2. The fourth-order valence-electron chi connectivity index (χ4n) is 3.17. The minimum Gasteiger partial charge on any atom is -0.442 e. The first-order chi connectivity index (χ1) is 13.0. The van der Waals surface area contributed by atoms with Crippen molar-refractivity contribution in [2.24, 2.45) is 5.92 Å². The molecule has 1 saturated heterocycles. The molecule has 27 heavy (non-hydrogen) atoms. The van der Waals surface area contributed by atoms with Gasteiger partial charge in [-0.2, -0.15) is 0 Å². The number of benzene rings is 1. The summed E-state index contributed by atoms with van der Waals surface area (Å²) in [6.45, 7) is 5.21. The van der Waals surface area contributed by atoms with Gasteiger partial charge in [0.25, 0.3) is 0 Å². The SMILES string of the molecule is CC(C)CCNC(=O)O[C@@H]1[C@@H](O)CN[C@@H]1Cc1ccc(-c2cncs2)cc1. The summed E-state index contributed by atoms with van der Waals surface area (Å²) in [6, 6.07) is 8.18. The van der Waals surface area contributed by atoms with E-state index >= 15 is 0 Å². The molecule has 1 aromatic carbocycles. The molecule has 0 bridgehead atoms. The molecule has 7 heteroatoms. The Morgan fingerprint density at radius 3 is 2.85 bits per heavy atom. The number of rotatable bonds is 7. The molecular weight excluding hydrogens is 362 g/mol. The normalized spacial score (nSPS) is 22.1. The zero-order chi connectivity index (χ0) is 19.2. The highest BCUT2D eigenvalue weighted by Crippen LogP contribution is 2.24. The van der Waals surface area contributed by atoms with Crippen LogP contribution in [0.4, 0.5) is 4.79 Å². The average Bonchev–Trinajstić information content (AvgIpc) is 3.28. The van der Waals surface area contributed by atoms with Crippen molar-refractivity contribution in [2.75, 3.05) is 13.1 Å². The van der Waals surface area contributed by atoms with Gasteiger partial charge in [-0.25, -0.2) is 4.79 Å². The number of nitrogens with zero attached hydrogens (tertiary/aromatic N) is 1. The second kappa shape index (κ2) is 9.30. The van der Waals surface area contributed by atoms with E-state index in [0.717, 1.165) is 22.4 Å². The number of carbonyl (C=O) groups is 1. The Kier molecular flexibility index (Phi) is 6.82. The maximum Gasteiger partial charge on any atom is 0.407 e. The lowest BCUT2D eigenvalue weighted by molar-refractivity contribution is 0.0189. The van der Waals surface area contributed by atoms with Crippen LogP contribution >= 0.6 is 11.3 Å². The van der Waals surface area contributed by atoms with Gasteiger partial charge in [-0.3, -0.25) is 4.98 Å². The molecule has 2 aromatic rings. The molecule has 3 rings (SSSR count). The highest BCUT2D eigenvalue weighted by atomic mass is 32.1. The summed E-state index contributed by atoms with van der Waals surface area (Å²) in [5, 5.41) is 16.2. The topological polar surface area (TPSA) is 83.5 Å². The number of alkyl carbamates (subject to hydrolysis) is 1. The number of hydrogen-bond acceptors (Lipinski definition) is 6. The third-order valence-corrected chi connectivity index (χ3v) is 5.55. The van der Waals surface area contributed by atoms with Crippen LogP contribution < -0.4 is 10.6 Å². The lowest BCUT2D eigenvalue weighted by atomic mass is 10.0. The number of carbonyl (C=O) groups excluding carboxylic acids is 1. The summed E-state index contributed by atoms with van der Waals surface area (Å²) in [5.74, 6) is 0.518. The first-order valence-corrected chi connectivity index (χ1v) is 10.2. The lowest BCUT2D eigenvalue weighted by Crippen LogP contribution is -2.41. The van der Waals surface area contributed by atoms with E-state index in [1.54, 1.807) is 11.3 Å². The third-order valence-electron chi connectivity index (χ3n) is 4.73. The predicted octanol–water partition coefficient (Wildman–Crippen LogP) is 2.83. The van der Waals surface area contributed by atoms with Crippen LogP contribution in [0.1, 0.15) is 25.8 Å². The molecule has 0 saturated carbocycles. The molecule has 6 nitrogen and oxygen atoms in total. The molecule has 0 radical (unpaired) electrons. The van der Waals surface area contributed by atoms with E-state index in [2.05, 4.69) is 53.7 Å². The number of amides is 1. The van der Waals surface area contributed by atoms with Crippen molar-refractivity contribution < 1.29 is 14.6 Å². The van der Waals surface area contributed by atoms with Gasteiger partial charge >= 0.3 is 6.09 Å². The van der Waals surface area contributed by atoms with Gasteiger partial charge < -0.3 is 20.5 Å². The van der Waals surface area contributed by atoms with Crippen LogP contribution in [0.5, 0.6) is 0 Å². The summed E-state index contributed by atoms with van der Waals surface area (Å²) in [4.78, 5) is 17.3. The number of thiazole rings is 1. The maximum absolute atomic E-state index is 12.0. The van der Waals surface area contributed by atoms with Crippen LogP contribution in [-0.2, 0) is 11.2 Å². The summed E-state index contributed by atoms with van der Waals surface area (Å²) in [6.07, 6.45) is 1.73. The van der Waals surface area contributed by atoms with Gasteiger partial charge in [0.05, 0.1) is 16.4 Å². The van der Waals surface area contributed by atoms with E-state index in [1.165, 1.54) is 0 Å². The fourth-order valence-corrected chi connectivity index (χ4v) is 3.80. The molecule has 3 N–H and O–H groups in total. The van der Waals surface area contributed by atoms with Gasteiger partial charge in [0.15, 0.2) is 0 Å². The van der Waals surface area contributed by atoms with Crippen LogP contribution in [0, 0.1) is 5.92 Å². The predicted molar refractivity (Wildman–Crippen MR) is 107 cm³/mol. The number of ether oxygens (including phenoxy) is 1. The monoisotopic (exact) mass is 389 g/mol. The van der Waals surface area contributed by atoms with Gasteiger partial charge in [-0.15, -0.1) is 11.3 Å². The molecular formula is C20H27N3O3S. The molecule has 0 spiro atoms. The van der Waals surface area contributed by atoms with E-state index in [0.29, 0.717) is 25.4 Å². The molecule has 1 aliphatic rings. The molecule has 1 aliphatic heterocycles. The maximum atomic E-state index is 12.0. The minimum absolute atomic E-state index is 0.106. The molecule has 3 atom stereocenters. The number of aliphatic hydroxyl groups is 1.